The largest absolute Gasteiger partial charge is 0.493 e. The maximum absolute atomic E-state index is 11.0. The van der Waals surface area contributed by atoms with Crippen LogP contribution in [0.15, 0.2) is 18.2 Å². The average molecular weight is 476 g/mol. The van der Waals surface area contributed by atoms with Crippen LogP contribution in [0, 0.1) is 0 Å². The van der Waals surface area contributed by atoms with Gasteiger partial charge in [-0.3, -0.25) is 4.79 Å². The quantitative estimate of drug-likeness (QED) is 0.182. The van der Waals surface area contributed by atoms with E-state index in [1.807, 2.05) is 0 Å². The van der Waals surface area contributed by atoms with E-state index in [-0.39, 0.29) is 11.5 Å². The summed E-state index contributed by atoms with van der Waals surface area (Å²) in [7, 11) is 1.33. The molecule has 186 valence electrons. The third kappa shape index (κ3) is 5.27. The van der Waals surface area contributed by atoms with Crippen molar-refractivity contribution in [3.05, 3.63) is 23.8 Å². The Labute approximate surface area is 188 Å². The molecule has 1 aromatic carbocycles. The molecular formula is C20H28O13. The number of hydrogen-bond acceptors (Lipinski definition) is 13. The van der Waals surface area contributed by atoms with Crippen LogP contribution in [0.1, 0.15) is 10.4 Å². The van der Waals surface area contributed by atoms with Crippen LogP contribution >= 0.6 is 0 Å². The first-order valence-electron chi connectivity index (χ1n) is 10.1. The zero-order valence-electron chi connectivity index (χ0n) is 17.6. The van der Waals surface area contributed by atoms with Crippen molar-refractivity contribution in [1.29, 1.82) is 0 Å². The van der Waals surface area contributed by atoms with Crippen LogP contribution in [0.5, 0.6) is 11.5 Å². The molecule has 2 saturated heterocycles. The molecule has 7 N–H and O–H groups in total. The third-order valence-electron chi connectivity index (χ3n) is 5.53. The molecule has 0 bridgehead atoms. The van der Waals surface area contributed by atoms with Gasteiger partial charge < -0.3 is 59.4 Å². The van der Waals surface area contributed by atoms with Crippen molar-refractivity contribution in [3.8, 4) is 11.5 Å². The Bertz CT molecular complexity index is 789. The molecule has 2 aliphatic heterocycles. The second-order valence-electron chi connectivity index (χ2n) is 7.65. The van der Waals surface area contributed by atoms with Gasteiger partial charge in [0.25, 0.3) is 0 Å². The van der Waals surface area contributed by atoms with Gasteiger partial charge in [0.05, 0.1) is 20.3 Å². The van der Waals surface area contributed by atoms with Gasteiger partial charge in [-0.05, 0) is 18.2 Å². The van der Waals surface area contributed by atoms with Crippen LogP contribution in [0.4, 0.5) is 0 Å². The van der Waals surface area contributed by atoms with E-state index in [9.17, 15) is 40.5 Å². The molecule has 33 heavy (non-hydrogen) atoms. The van der Waals surface area contributed by atoms with E-state index in [0.29, 0.717) is 11.8 Å². The van der Waals surface area contributed by atoms with Gasteiger partial charge in [-0.1, -0.05) is 0 Å². The summed E-state index contributed by atoms with van der Waals surface area (Å²) in [4.78, 5) is 11.0. The number of aliphatic hydroxyl groups excluding tert-OH is 7. The predicted molar refractivity (Wildman–Crippen MR) is 105 cm³/mol. The number of ether oxygens (including phenoxy) is 5. The van der Waals surface area contributed by atoms with Gasteiger partial charge in [-0.15, -0.1) is 0 Å². The fourth-order valence-corrected chi connectivity index (χ4v) is 3.63. The number of benzene rings is 1. The van der Waals surface area contributed by atoms with Crippen molar-refractivity contribution in [2.75, 3.05) is 20.3 Å². The second kappa shape index (κ2) is 11.0. The van der Waals surface area contributed by atoms with E-state index in [1.165, 1.54) is 25.3 Å². The fourth-order valence-electron chi connectivity index (χ4n) is 3.63. The molecule has 2 fully saturated rings. The molecule has 0 aliphatic carbocycles. The Balaban J connectivity index is 1.81. The lowest BCUT2D eigenvalue weighted by Gasteiger charge is -2.45. The lowest BCUT2D eigenvalue weighted by atomic mass is 9.97. The van der Waals surface area contributed by atoms with Gasteiger partial charge in [-0.25, -0.2) is 0 Å². The normalized spacial score (nSPS) is 39.2. The minimum atomic E-state index is -1.78. The van der Waals surface area contributed by atoms with Crippen molar-refractivity contribution in [2.45, 2.75) is 61.4 Å². The van der Waals surface area contributed by atoms with Crippen LogP contribution in [-0.2, 0) is 14.2 Å². The fraction of sp³-hybridized carbons (Fsp3) is 0.650. The van der Waals surface area contributed by atoms with E-state index in [2.05, 4.69) is 0 Å². The highest BCUT2D eigenvalue weighted by atomic mass is 16.7. The van der Waals surface area contributed by atoms with Gasteiger partial charge in [0.2, 0.25) is 6.29 Å². The highest BCUT2D eigenvalue weighted by molar-refractivity contribution is 5.76. The number of carbonyl (C=O) groups is 1. The highest BCUT2D eigenvalue weighted by Crippen LogP contribution is 2.33. The van der Waals surface area contributed by atoms with Crippen molar-refractivity contribution in [1.82, 2.24) is 0 Å². The lowest BCUT2D eigenvalue weighted by Crippen LogP contribution is -2.65. The molecule has 0 amide bonds. The average Bonchev–Trinajstić information content (AvgIpc) is 2.83. The Morgan fingerprint density at radius 3 is 2.09 bits per heavy atom. The Hall–Kier alpha value is -1.91. The molecule has 0 unspecified atom stereocenters. The molecule has 2 aliphatic rings. The number of hydrogen-bond donors (Lipinski definition) is 7. The van der Waals surface area contributed by atoms with E-state index in [1.54, 1.807) is 0 Å². The molecular weight excluding hydrogens is 448 g/mol. The minimum Gasteiger partial charge on any atom is -0.493 e. The first-order chi connectivity index (χ1) is 15.7. The monoisotopic (exact) mass is 476 g/mol. The third-order valence-corrected chi connectivity index (χ3v) is 5.53. The predicted octanol–water partition coefficient (Wildman–Crippen LogP) is -3.49. The summed E-state index contributed by atoms with van der Waals surface area (Å²) >= 11 is 0. The Kier molecular flexibility index (Phi) is 8.58. The van der Waals surface area contributed by atoms with Gasteiger partial charge >= 0.3 is 0 Å². The molecule has 10 atom stereocenters. The van der Waals surface area contributed by atoms with E-state index in [4.69, 9.17) is 23.7 Å². The van der Waals surface area contributed by atoms with E-state index >= 15 is 0 Å². The van der Waals surface area contributed by atoms with Crippen LogP contribution < -0.4 is 9.47 Å². The smallest absolute Gasteiger partial charge is 0.229 e. The number of aldehydes is 1. The molecule has 0 saturated carbocycles. The first kappa shape index (κ1) is 25.7. The van der Waals surface area contributed by atoms with Crippen molar-refractivity contribution >= 4 is 6.29 Å². The van der Waals surface area contributed by atoms with Crippen molar-refractivity contribution < 1.29 is 64.2 Å². The van der Waals surface area contributed by atoms with Crippen molar-refractivity contribution in [2.24, 2.45) is 0 Å². The minimum absolute atomic E-state index is 0.0758. The van der Waals surface area contributed by atoms with E-state index in [0.717, 1.165) is 0 Å². The van der Waals surface area contributed by atoms with Crippen LogP contribution in [-0.4, -0.2) is 124 Å². The summed E-state index contributed by atoms with van der Waals surface area (Å²) in [6.45, 7) is -1.39. The summed E-state index contributed by atoms with van der Waals surface area (Å²) in [5.74, 6) is 0.222. The molecule has 3 rings (SSSR count). The van der Waals surface area contributed by atoms with E-state index < -0.39 is 74.6 Å². The molecule has 13 nitrogen and oxygen atoms in total. The summed E-state index contributed by atoms with van der Waals surface area (Å²) in [5.41, 5.74) is 0.303. The van der Waals surface area contributed by atoms with Gasteiger partial charge in [-0.2, -0.15) is 0 Å². The zero-order chi connectivity index (χ0) is 24.3. The summed E-state index contributed by atoms with van der Waals surface area (Å²) in [6.07, 6.45) is -15.1. The highest BCUT2D eigenvalue weighted by Gasteiger charge is 2.51. The second-order valence-corrected chi connectivity index (χ2v) is 7.65. The standard InChI is InChI=1S/C20H28O13/c1-29-10-4-8(5-21)2-3-9(10)30-20-17(28)18(14(25)12(7-23)32-20)33-19-16(27)15(26)13(24)11(6-22)31-19/h2-5,11-20,22-28H,6-7H2,1H3/t11-,12-,13-,14-,15+,16-,17-,18+,19+,20-/m1/s1. The van der Waals surface area contributed by atoms with Crippen LogP contribution in [0.2, 0.25) is 0 Å². The molecule has 13 heteroatoms. The molecule has 0 spiro atoms. The topological polar surface area (TPSA) is 205 Å². The summed E-state index contributed by atoms with van der Waals surface area (Å²) < 4.78 is 27.0. The number of carbonyl (C=O) groups excluding carboxylic acids is 1. The lowest BCUT2D eigenvalue weighted by molar-refractivity contribution is -0.352. The first-order valence-corrected chi connectivity index (χ1v) is 10.1. The maximum atomic E-state index is 11.0. The van der Waals surface area contributed by atoms with Crippen LogP contribution in [0.25, 0.3) is 0 Å². The summed E-state index contributed by atoms with van der Waals surface area (Å²) in [6, 6.07) is 4.21. The number of methoxy groups -OCH3 is 1. The zero-order valence-corrected chi connectivity index (χ0v) is 17.6. The van der Waals surface area contributed by atoms with Gasteiger partial charge in [0.15, 0.2) is 17.8 Å². The number of rotatable bonds is 8. The molecule has 0 radical (unpaired) electrons. The Morgan fingerprint density at radius 1 is 0.848 bits per heavy atom. The SMILES string of the molecule is COc1cc(C=O)ccc1O[C@@H]1O[C@H](CO)[C@@H](O)[C@H](O[C@@H]2O[C@H](CO)[C@@H](O)[C@H](O)[C@H]2O)[C@H]1O. The Morgan fingerprint density at radius 2 is 1.48 bits per heavy atom. The van der Waals surface area contributed by atoms with Crippen LogP contribution in [0.3, 0.4) is 0 Å². The van der Waals surface area contributed by atoms with Gasteiger partial charge in [0, 0.05) is 5.56 Å². The summed E-state index contributed by atoms with van der Waals surface area (Å²) in [5, 5.41) is 70.3. The molecule has 1 aromatic rings. The molecule has 0 aromatic heterocycles. The van der Waals surface area contributed by atoms with Crippen molar-refractivity contribution in [3.63, 3.8) is 0 Å². The maximum Gasteiger partial charge on any atom is 0.229 e. The van der Waals surface area contributed by atoms with Gasteiger partial charge in [0.1, 0.15) is 55.1 Å². The number of aliphatic hydroxyl groups is 7. The molecule has 2 heterocycles.